The summed E-state index contributed by atoms with van der Waals surface area (Å²) in [5.74, 6) is -0.538. The molecule has 0 spiro atoms. The van der Waals surface area contributed by atoms with Crippen molar-refractivity contribution in [2.75, 3.05) is 44.5 Å². The summed E-state index contributed by atoms with van der Waals surface area (Å²) < 4.78 is 4.74. The largest absolute Gasteiger partial charge is 0.465 e. The van der Waals surface area contributed by atoms with Gasteiger partial charge in [-0.3, -0.25) is 9.69 Å². The van der Waals surface area contributed by atoms with Crippen molar-refractivity contribution in [2.45, 2.75) is 20.4 Å². The Morgan fingerprint density at radius 2 is 1.75 bits per heavy atom. The minimum atomic E-state index is -0.424. The molecule has 0 fully saturated rings. The molecule has 2 rings (SSSR count). The lowest BCUT2D eigenvalue weighted by Gasteiger charge is -2.21. The molecule has 0 bridgehead atoms. The van der Waals surface area contributed by atoms with E-state index >= 15 is 0 Å². The van der Waals surface area contributed by atoms with Crippen molar-refractivity contribution >= 4 is 23.3 Å². The first kappa shape index (κ1) is 21.4. The number of carbonyl (C=O) groups is 2. The van der Waals surface area contributed by atoms with Crippen LogP contribution < -0.4 is 10.2 Å². The fourth-order valence-corrected chi connectivity index (χ4v) is 2.83. The predicted molar refractivity (Wildman–Crippen MR) is 113 cm³/mol. The van der Waals surface area contributed by atoms with Crippen LogP contribution in [0.25, 0.3) is 0 Å². The average Bonchev–Trinajstić information content (AvgIpc) is 2.68. The van der Waals surface area contributed by atoms with Crippen LogP contribution in [0.5, 0.6) is 0 Å². The highest BCUT2D eigenvalue weighted by Gasteiger charge is 2.13. The Kier molecular flexibility index (Phi) is 7.58. The van der Waals surface area contributed by atoms with Crippen LogP contribution in [0.3, 0.4) is 0 Å². The van der Waals surface area contributed by atoms with Crippen LogP contribution in [0.4, 0.5) is 11.4 Å². The maximum absolute atomic E-state index is 12.5. The zero-order valence-corrected chi connectivity index (χ0v) is 17.3. The number of aryl methyl sites for hydroxylation is 1. The van der Waals surface area contributed by atoms with Gasteiger partial charge in [0.25, 0.3) is 0 Å². The number of hydrogen-bond acceptors (Lipinski definition) is 5. The van der Waals surface area contributed by atoms with Crippen molar-refractivity contribution in [1.29, 1.82) is 0 Å². The molecular weight excluding hydrogens is 354 g/mol. The second-order valence-electron chi connectivity index (χ2n) is 6.93. The third-order valence-electron chi connectivity index (χ3n) is 4.61. The molecule has 0 aliphatic heterocycles. The maximum Gasteiger partial charge on any atom is 0.337 e. The molecule has 0 unspecified atom stereocenters. The summed E-state index contributed by atoms with van der Waals surface area (Å²) >= 11 is 0. The van der Waals surface area contributed by atoms with Crippen LogP contribution in [-0.4, -0.2) is 51.1 Å². The number of amides is 1. The Bertz CT molecular complexity index is 816. The van der Waals surface area contributed by atoms with Gasteiger partial charge in [0.1, 0.15) is 0 Å². The number of esters is 1. The molecule has 0 aliphatic rings. The minimum Gasteiger partial charge on any atom is -0.465 e. The summed E-state index contributed by atoms with van der Waals surface area (Å²) in [5.41, 5.74) is 4.23. The SMILES string of the molecule is CCN(CC(=O)Nc1cc(C(=O)OC)ccc1C)Cc1ccc(N(C)C)cc1. The van der Waals surface area contributed by atoms with Crippen molar-refractivity contribution in [3.8, 4) is 0 Å². The Labute approximate surface area is 167 Å². The van der Waals surface area contributed by atoms with Crippen molar-refractivity contribution in [2.24, 2.45) is 0 Å². The number of anilines is 2. The molecule has 6 heteroatoms. The maximum atomic E-state index is 12.5. The molecule has 0 saturated heterocycles. The monoisotopic (exact) mass is 383 g/mol. The lowest BCUT2D eigenvalue weighted by molar-refractivity contribution is -0.117. The number of ether oxygens (including phenoxy) is 1. The first-order valence-corrected chi connectivity index (χ1v) is 9.31. The third-order valence-corrected chi connectivity index (χ3v) is 4.61. The van der Waals surface area contributed by atoms with E-state index in [1.807, 2.05) is 27.9 Å². The molecule has 2 aromatic rings. The summed E-state index contributed by atoms with van der Waals surface area (Å²) in [5, 5.41) is 2.91. The number of nitrogens with zero attached hydrogens (tertiary/aromatic N) is 2. The smallest absolute Gasteiger partial charge is 0.337 e. The molecular formula is C22H29N3O3. The van der Waals surface area contributed by atoms with Gasteiger partial charge in [-0.15, -0.1) is 0 Å². The van der Waals surface area contributed by atoms with E-state index in [9.17, 15) is 9.59 Å². The number of benzene rings is 2. The second-order valence-corrected chi connectivity index (χ2v) is 6.93. The van der Waals surface area contributed by atoms with Gasteiger partial charge in [0.2, 0.25) is 5.91 Å². The van der Waals surface area contributed by atoms with Gasteiger partial charge < -0.3 is 15.0 Å². The summed E-state index contributed by atoms with van der Waals surface area (Å²) in [6.07, 6.45) is 0. The van der Waals surface area contributed by atoms with Crippen LogP contribution in [0.2, 0.25) is 0 Å². The summed E-state index contributed by atoms with van der Waals surface area (Å²) in [4.78, 5) is 28.4. The zero-order valence-electron chi connectivity index (χ0n) is 17.3. The molecule has 2 aromatic carbocycles. The van der Waals surface area contributed by atoms with Gasteiger partial charge in [-0.25, -0.2) is 4.79 Å². The molecule has 0 aliphatic carbocycles. The number of methoxy groups -OCH3 is 1. The van der Waals surface area contributed by atoms with Crippen molar-refractivity contribution in [3.05, 3.63) is 59.2 Å². The summed E-state index contributed by atoms with van der Waals surface area (Å²) in [6.45, 7) is 5.64. The molecule has 0 aromatic heterocycles. The molecule has 28 heavy (non-hydrogen) atoms. The van der Waals surface area contributed by atoms with Gasteiger partial charge in [0.05, 0.1) is 19.2 Å². The molecule has 0 saturated carbocycles. The molecule has 1 amide bonds. The highest BCUT2D eigenvalue weighted by Crippen LogP contribution is 2.18. The normalized spacial score (nSPS) is 10.6. The molecule has 0 atom stereocenters. The molecule has 0 radical (unpaired) electrons. The fraction of sp³-hybridized carbons (Fsp3) is 0.364. The van der Waals surface area contributed by atoms with E-state index in [4.69, 9.17) is 4.74 Å². The lowest BCUT2D eigenvalue weighted by atomic mass is 10.1. The van der Waals surface area contributed by atoms with Crippen LogP contribution >= 0.6 is 0 Å². The number of rotatable bonds is 8. The number of carbonyl (C=O) groups excluding carboxylic acids is 2. The van der Waals surface area contributed by atoms with E-state index in [0.29, 0.717) is 17.8 Å². The number of hydrogen-bond donors (Lipinski definition) is 1. The van der Waals surface area contributed by atoms with E-state index in [2.05, 4.69) is 39.4 Å². The molecule has 0 heterocycles. The quantitative estimate of drug-likeness (QED) is 0.709. The summed E-state index contributed by atoms with van der Waals surface area (Å²) in [7, 11) is 5.36. The van der Waals surface area contributed by atoms with Gasteiger partial charge in [0, 0.05) is 32.0 Å². The van der Waals surface area contributed by atoms with Gasteiger partial charge in [-0.1, -0.05) is 25.1 Å². The predicted octanol–water partition coefficient (Wildman–Crippen LogP) is 3.31. The van der Waals surface area contributed by atoms with E-state index in [1.165, 1.54) is 7.11 Å². The van der Waals surface area contributed by atoms with Crippen molar-refractivity contribution in [3.63, 3.8) is 0 Å². The lowest BCUT2D eigenvalue weighted by Crippen LogP contribution is -2.33. The van der Waals surface area contributed by atoms with E-state index in [-0.39, 0.29) is 12.5 Å². The van der Waals surface area contributed by atoms with E-state index in [1.54, 1.807) is 18.2 Å². The first-order valence-electron chi connectivity index (χ1n) is 9.31. The Hall–Kier alpha value is -2.86. The molecule has 1 N–H and O–H groups in total. The topological polar surface area (TPSA) is 61.9 Å². The standard InChI is InChI=1S/C22H29N3O3/c1-6-25(14-17-8-11-19(12-9-17)24(3)4)15-21(26)23-20-13-18(22(27)28-5)10-7-16(20)2/h7-13H,6,14-15H2,1-5H3,(H,23,26). The summed E-state index contributed by atoms with van der Waals surface area (Å²) in [6, 6.07) is 13.4. The zero-order chi connectivity index (χ0) is 20.7. The van der Waals surface area contributed by atoms with Crippen LogP contribution in [0.1, 0.15) is 28.4 Å². The highest BCUT2D eigenvalue weighted by atomic mass is 16.5. The Morgan fingerprint density at radius 1 is 1.07 bits per heavy atom. The third kappa shape index (κ3) is 5.82. The Balaban J connectivity index is 2.01. The van der Waals surface area contributed by atoms with Gasteiger partial charge in [-0.2, -0.15) is 0 Å². The molecule has 6 nitrogen and oxygen atoms in total. The first-order chi connectivity index (χ1) is 13.3. The Morgan fingerprint density at radius 3 is 2.32 bits per heavy atom. The van der Waals surface area contributed by atoms with Crippen molar-refractivity contribution < 1.29 is 14.3 Å². The van der Waals surface area contributed by atoms with E-state index in [0.717, 1.165) is 23.4 Å². The second kappa shape index (κ2) is 9.90. The van der Waals surface area contributed by atoms with Gasteiger partial charge >= 0.3 is 5.97 Å². The van der Waals surface area contributed by atoms with Crippen LogP contribution in [-0.2, 0) is 16.1 Å². The van der Waals surface area contributed by atoms with Crippen LogP contribution in [0.15, 0.2) is 42.5 Å². The highest BCUT2D eigenvalue weighted by molar-refractivity contribution is 5.96. The fourth-order valence-electron chi connectivity index (χ4n) is 2.83. The van der Waals surface area contributed by atoms with Crippen molar-refractivity contribution in [1.82, 2.24) is 4.90 Å². The molecule has 150 valence electrons. The van der Waals surface area contributed by atoms with Gasteiger partial charge in [0.15, 0.2) is 0 Å². The van der Waals surface area contributed by atoms with Crippen LogP contribution in [0, 0.1) is 6.92 Å². The minimum absolute atomic E-state index is 0.114. The number of nitrogens with one attached hydrogen (secondary N) is 1. The average molecular weight is 383 g/mol. The van der Waals surface area contributed by atoms with E-state index < -0.39 is 5.97 Å². The number of likely N-dealkylation sites (N-methyl/N-ethyl adjacent to an activating group) is 1. The van der Waals surface area contributed by atoms with Gasteiger partial charge in [-0.05, 0) is 48.9 Å².